The number of likely N-dealkylation sites (tertiary alicyclic amines) is 1. The van der Waals surface area contributed by atoms with Gasteiger partial charge in [0.25, 0.3) is 0 Å². The first-order valence-corrected chi connectivity index (χ1v) is 5.72. The summed E-state index contributed by atoms with van der Waals surface area (Å²) in [5.41, 5.74) is 5.99. The number of nitrogens with two attached hydrogens (primary N) is 1. The summed E-state index contributed by atoms with van der Waals surface area (Å²) in [6.45, 7) is 8.06. The normalized spacial score (nSPS) is 29.9. The fourth-order valence-electron chi connectivity index (χ4n) is 1.89. The second kappa shape index (κ2) is 5.47. The van der Waals surface area contributed by atoms with Gasteiger partial charge < -0.3 is 10.5 Å². The van der Waals surface area contributed by atoms with Crippen molar-refractivity contribution in [2.45, 2.75) is 39.3 Å². The SMILES string of the molecule is CCOC(=O)C(C)N1CCC(C)C(N)C1. The molecule has 0 spiro atoms. The van der Waals surface area contributed by atoms with Crippen molar-refractivity contribution in [1.29, 1.82) is 0 Å². The van der Waals surface area contributed by atoms with Crippen LogP contribution < -0.4 is 5.73 Å². The lowest BCUT2D eigenvalue weighted by molar-refractivity contribution is -0.149. The van der Waals surface area contributed by atoms with Crippen LogP contribution in [0.2, 0.25) is 0 Å². The van der Waals surface area contributed by atoms with Crippen molar-refractivity contribution >= 4 is 5.97 Å². The predicted molar refractivity (Wildman–Crippen MR) is 59.4 cm³/mol. The molecule has 4 heteroatoms. The van der Waals surface area contributed by atoms with Gasteiger partial charge in [0.05, 0.1) is 6.61 Å². The molecule has 3 atom stereocenters. The Morgan fingerprint density at radius 2 is 2.33 bits per heavy atom. The molecule has 1 heterocycles. The average Bonchev–Trinajstić information content (AvgIpc) is 2.21. The first-order valence-electron chi connectivity index (χ1n) is 5.72. The summed E-state index contributed by atoms with van der Waals surface area (Å²) in [6.07, 6.45) is 1.06. The van der Waals surface area contributed by atoms with E-state index in [0.717, 1.165) is 19.5 Å². The molecule has 0 radical (unpaired) electrons. The van der Waals surface area contributed by atoms with Gasteiger partial charge in [-0.2, -0.15) is 0 Å². The van der Waals surface area contributed by atoms with Crippen LogP contribution in [0.3, 0.4) is 0 Å². The molecular weight excluding hydrogens is 192 g/mol. The standard InChI is InChI=1S/C11H22N2O2/c1-4-15-11(14)9(3)13-6-5-8(2)10(12)7-13/h8-10H,4-7,12H2,1-3H3. The van der Waals surface area contributed by atoms with E-state index in [9.17, 15) is 4.79 Å². The van der Waals surface area contributed by atoms with Crippen LogP contribution in [0.25, 0.3) is 0 Å². The van der Waals surface area contributed by atoms with Crippen molar-refractivity contribution in [1.82, 2.24) is 4.90 Å². The highest BCUT2D eigenvalue weighted by molar-refractivity contribution is 5.75. The maximum absolute atomic E-state index is 11.5. The highest BCUT2D eigenvalue weighted by Crippen LogP contribution is 2.17. The first kappa shape index (κ1) is 12.5. The minimum Gasteiger partial charge on any atom is -0.465 e. The van der Waals surface area contributed by atoms with Gasteiger partial charge in [-0.15, -0.1) is 0 Å². The van der Waals surface area contributed by atoms with Crippen molar-refractivity contribution in [3.05, 3.63) is 0 Å². The molecule has 0 amide bonds. The Labute approximate surface area is 91.8 Å². The number of carbonyl (C=O) groups excluding carboxylic acids is 1. The molecule has 0 saturated carbocycles. The summed E-state index contributed by atoms with van der Waals surface area (Å²) >= 11 is 0. The molecule has 1 rings (SSSR count). The third-order valence-corrected chi connectivity index (χ3v) is 3.22. The Hall–Kier alpha value is -0.610. The van der Waals surface area contributed by atoms with Gasteiger partial charge in [-0.05, 0) is 32.7 Å². The molecule has 2 N–H and O–H groups in total. The highest BCUT2D eigenvalue weighted by Gasteiger charge is 2.29. The fraction of sp³-hybridized carbons (Fsp3) is 0.909. The summed E-state index contributed by atoms with van der Waals surface area (Å²) < 4.78 is 5.00. The summed E-state index contributed by atoms with van der Waals surface area (Å²) in [4.78, 5) is 13.6. The van der Waals surface area contributed by atoms with Crippen LogP contribution in [0.1, 0.15) is 27.2 Å². The molecule has 0 aromatic rings. The summed E-state index contributed by atoms with van der Waals surface area (Å²) in [5, 5.41) is 0. The average molecular weight is 214 g/mol. The third-order valence-electron chi connectivity index (χ3n) is 3.22. The van der Waals surface area contributed by atoms with Crippen LogP contribution in [-0.2, 0) is 9.53 Å². The van der Waals surface area contributed by atoms with E-state index in [1.165, 1.54) is 0 Å². The van der Waals surface area contributed by atoms with Crippen molar-refractivity contribution in [3.8, 4) is 0 Å². The molecule has 0 aromatic heterocycles. The van der Waals surface area contributed by atoms with Crippen LogP contribution in [0.5, 0.6) is 0 Å². The topological polar surface area (TPSA) is 55.6 Å². The quantitative estimate of drug-likeness (QED) is 0.699. The maximum atomic E-state index is 11.5. The second-order valence-electron chi connectivity index (χ2n) is 4.35. The van der Waals surface area contributed by atoms with Crippen LogP contribution in [0, 0.1) is 5.92 Å². The van der Waals surface area contributed by atoms with E-state index in [1.807, 2.05) is 13.8 Å². The number of hydrogen-bond acceptors (Lipinski definition) is 4. The molecule has 1 fully saturated rings. The van der Waals surface area contributed by atoms with Gasteiger partial charge >= 0.3 is 5.97 Å². The molecule has 3 unspecified atom stereocenters. The zero-order valence-electron chi connectivity index (χ0n) is 9.90. The monoisotopic (exact) mass is 214 g/mol. The first-order chi connectivity index (χ1) is 7.06. The Kier molecular flexibility index (Phi) is 4.54. The van der Waals surface area contributed by atoms with E-state index in [2.05, 4.69) is 11.8 Å². The van der Waals surface area contributed by atoms with E-state index >= 15 is 0 Å². The molecular formula is C11H22N2O2. The molecule has 15 heavy (non-hydrogen) atoms. The Bertz CT molecular complexity index is 221. The van der Waals surface area contributed by atoms with Crippen LogP contribution in [0.15, 0.2) is 0 Å². The zero-order valence-corrected chi connectivity index (χ0v) is 9.90. The molecule has 88 valence electrons. The smallest absolute Gasteiger partial charge is 0.323 e. The number of nitrogens with zero attached hydrogens (tertiary/aromatic N) is 1. The molecule has 1 saturated heterocycles. The lowest BCUT2D eigenvalue weighted by atomic mass is 9.93. The van der Waals surface area contributed by atoms with Crippen LogP contribution in [0.4, 0.5) is 0 Å². The van der Waals surface area contributed by atoms with Gasteiger partial charge in [0, 0.05) is 12.6 Å². The Morgan fingerprint density at radius 1 is 1.67 bits per heavy atom. The van der Waals surface area contributed by atoms with Crippen molar-refractivity contribution in [2.24, 2.45) is 11.7 Å². The Balaban J connectivity index is 2.46. The zero-order chi connectivity index (χ0) is 11.4. The van der Waals surface area contributed by atoms with E-state index in [0.29, 0.717) is 12.5 Å². The molecule has 0 bridgehead atoms. The summed E-state index contributed by atoms with van der Waals surface area (Å²) in [6, 6.07) is 0.0131. The summed E-state index contributed by atoms with van der Waals surface area (Å²) in [7, 11) is 0. The summed E-state index contributed by atoms with van der Waals surface area (Å²) in [5.74, 6) is 0.412. The minimum atomic E-state index is -0.163. The lowest BCUT2D eigenvalue weighted by Crippen LogP contribution is -2.52. The molecule has 0 aliphatic carbocycles. The van der Waals surface area contributed by atoms with E-state index in [4.69, 9.17) is 10.5 Å². The predicted octanol–water partition coefficient (Wildman–Crippen LogP) is 0.607. The minimum absolute atomic E-state index is 0.140. The number of carbonyl (C=O) groups is 1. The largest absolute Gasteiger partial charge is 0.465 e. The van der Waals surface area contributed by atoms with E-state index in [1.54, 1.807) is 0 Å². The van der Waals surface area contributed by atoms with Crippen LogP contribution in [-0.4, -0.2) is 42.6 Å². The molecule has 1 aliphatic heterocycles. The van der Waals surface area contributed by atoms with Gasteiger partial charge in [0.1, 0.15) is 6.04 Å². The number of ether oxygens (including phenoxy) is 1. The number of esters is 1. The molecule has 4 nitrogen and oxygen atoms in total. The van der Waals surface area contributed by atoms with Gasteiger partial charge in [0.2, 0.25) is 0 Å². The number of piperidine rings is 1. The van der Waals surface area contributed by atoms with E-state index < -0.39 is 0 Å². The second-order valence-corrected chi connectivity index (χ2v) is 4.35. The van der Waals surface area contributed by atoms with Gasteiger partial charge in [-0.1, -0.05) is 6.92 Å². The van der Waals surface area contributed by atoms with Crippen molar-refractivity contribution in [2.75, 3.05) is 19.7 Å². The third kappa shape index (κ3) is 3.18. The maximum Gasteiger partial charge on any atom is 0.323 e. The van der Waals surface area contributed by atoms with Crippen molar-refractivity contribution in [3.63, 3.8) is 0 Å². The van der Waals surface area contributed by atoms with Crippen LogP contribution >= 0.6 is 0 Å². The van der Waals surface area contributed by atoms with Gasteiger partial charge in [-0.3, -0.25) is 9.69 Å². The Morgan fingerprint density at radius 3 is 2.87 bits per heavy atom. The molecule has 0 aromatic carbocycles. The fourth-order valence-corrected chi connectivity index (χ4v) is 1.89. The number of rotatable bonds is 3. The number of hydrogen-bond donors (Lipinski definition) is 1. The lowest BCUT2D eigenvalue weighted by Gasteiger charge is -2.37. The van der Waals surface area contributed by atoms with Gasteiger partial charge in [-0.25, -0.2) is 0 Å². The highest BCUT2D eigenvalue weighted by atomic mass is 16.5. The molecule has 1 aliphatic rings. The van der Waals surface area contributed by atoms with Gasteiger partial charge in [0.15, 0.2) is 0 Å². The van der Waals surface area contributed by atoms with E-state index in [-0.39, 0.29) is 18.1 Å². The van der Waals surface area contributed by atoms with Crippen molar-refractivity contribution < 1.29 is 9.53 Å².